The Morgan fingerprint density at radius 2 is 1.80 bits per heavy atom. The quantitative estimate of drug-likeness (QED) is 0.187. The summed E-state index contributed by atoms with van der Waals surface area (Å²) < 4.78 is 49.7. The van der Waals surface area contributed by atoms with Gasteiger partial charge in [-0.05, 0) is 63.3 Å². The third-order valence-electron chi connectivity index (χ3n) is 9.63. The minimum Gasteiger partial charge on any atom is -0.480 e. The number of hydrogen-bond donors (Lipinski definition) is 0. The number of ether oxygens (including phenoxy) is 1. The van der Waals surface area contributed by atoms with E-state index in [1.165, 1.54) is 6.33 Å². The van der Waals surface area contributed by atoms with Gasteiger partial charge in [0.25, 0.3) is 5.56 Å². The fraction of sp³-hybridized carbons (Fsp3) is 0.389. The number of hydrogen-bond acceptors (Lipinski definition) is 8. The van der Waals surface area contributed by atoms with Crippen LogP contribution in [0.5, 0.6) is 5.88 Å². The Morgan fingerprint density at radius 3 is 2.45 bits per heavy atom. The highest BCUT2D eigenvalue weighted by molar-refractivity contribution is 5.85. The molecule has 0 unspecified atom stereocenters. The lowest BCUT2D eigenvalue weighted by atomic mass is 9.99. The summed E-state index contributed by atoms with van der Waals surface area (Å²) in [7, 11) is 3.60. The van der Waals surface area contributed by atoms with E-state index in [2.05, 4.69) is 25.9 Å². The van der Waals surface area contributed by atoms with Crippen molar-refractivity contribution in [2.75, 3.05) is 27.2 Å². The van der Waals surface area contributed by atoms with Crippen molar-refractivity contribution in [3.05, 3.63) is 87.5 Å². The monoisotopic (exact) mass is 668 g/mol. The van der Waals surface area contributed by atoms with Gasteiger partial charge >= 0.3 is 6.18 Å². The Hall–Kier alpha value is -4.91. The maximum absolute atomic E-state index is 14.4. The molecule has 2 fully saturated rings. The number of methoxy groups -OCH3 is 1. The molecule has 0 N–H and O–H groups in total. The van der Waals surface area contributed by atoms with Gasteiger partial charge in [0.05, 0.1) is 25.0 Å². The van der Waals surface area contributed by atoms with E-state index in [4.69, 9.17) is 14.7 Å². The molecular weight excluding hydrogens is 633 g/mol. The highest BCUT2D eigenvalue weighted by Gasteiger charge is 2.37. The number of aryl methyl sites for hydroxylation is 1. The van der Waals surface area contributed by atoms with Crippen molar-refractivity contribution in [3.63, 3.8) is 0 Å². The largest absolute Gasteiger partial charge is 0.480 e. The van der Waals surface area contributed by atoms with Gasteiger partial charge in [-0.2, -0.15) is 13.2 Å². The Bertz CT molecular complexity index is 2180. The third kappa shape index (κ3) is 5.90. The van der Waals surface area contributed by atoms with Crippen LogP contribution in [0.15, 0.2) is 53.7 Å². The lowest BCUT2D eigenvalue weighted by molar-refractivity contribution is -0.140. The Balaban J connectivity index is 1.25. The Labute approximate surface area is 280 Å². The molecule has 10 nitrogen and oxygen atoms in total. The van der Waals surface area contributed by atoms with Crippen molar-refractivity contribution in [3.8, 4) is 28.7 Å². The van der Waals surface area contributed by atoms with Crippen LogP contribution < -0.4 is 10.3 Å². The van der Waals surface area contributed by atoms with Crippen molar-refractivity contribution in [2.45, 2.75) is 63.7 Å². The number of likely N-dealkylation sites (N-methyl/N-ethyl adjacent to an activating group) is 1. The number of halogens is 3. The standard InChI is InChI=1S/C36H35F3N8O2/c1-20-26-16-27(22-12-14-45(2)15-13-22)35(48)47(33(26)44-31(42-20)29-30(23-8-9-23)40-19-41-34(29)49-3)17-21-4-6-24(7-5-21)32-43-28(36(37,38)39)18-46(32)25-10-11-25/h4-7,12,16,18-19,23,25H,8-11,13-15,17H2,1-3H3. The van der Waals surface area contributed by atoms with Gasteiger partial charge in [0.15, 0.2) is 11.5 Å². The van der Waals surface area contributed by atoms with Crippen molar-refractivity contribution < 1.29 is 17.9 Å². The molecule has 5 heterocycles. The zero-order chi connectivity index (χ0) is 34.0. The molecule has 0 radical (unpaired) electrons. The number of alkyl halides is 3. The fourth-order valence-electron chi connectivity index (χ4n) is 6.62. The predicted molar refractivity (Wildman–Crippen MR) is 178 cm³/mol. The molecule has 2 aliphatic carbocycles. The maximum atomic E-state index is 14.4. The number of nitrogens with zero attached hydrogens (tertiary/aromatic N) is 8. The molecule has 1 aromatic carbocycles. The first-order valence-electron chi connectivity index (χ1n) is 16.5. The van der Waals surface area contributed by atoms with E-state index in [-0.39, 0.29) is 24.1 Å². The molecule has 2 saturated carbocycles. The minimum atomic E-state index is -4.53. The fourth-order valence-corrected chi connectivity index (χ4v) is 6.62. The topological polar surface area (TPSA) is 104 Å². The Kier molecular flexibility index (Phi) is 7.62. The highest BCUT2D eigenvalue weighted by atomic mass is 19.4. The highest BCUT2D eigenvalue weighted by Crippen LogP contribution is 2.45. The van der Waals surface area contributed by atoms with Crippen LogP contribution in [-0.2, 0) is 12.7 Å². The lowest BCUT2D eigenvalue weighted by Crippen LogP contribution is -2.29. The van der Waals surface area contributed by atoms with Crippen molar-refractivity contribution >= 4 is 16.6 Å². The smallest absolute Gasteiger partial charge is 0.434 e. The van der Waals surface area contributed by atoms with Gasteiger partial charge in [0.2, 0.25) is 5.88 Å². The molecule has 3 aliphatic rings. The van der Waals surface area contributed by atoms with Crippen LogP contribution in [0, 0.1) is 6.92 Å². The molecule has 0 saturated heterocycles. The zero-order valence-electron chi connectivity index (χ0n) is 27.5. The number of aromatic nitrogens is 7. The van der Waals surface area contributed by atoms with Crippen molar-refractivity contribution in [1.29, 1.82) is 0 Å². The molecule has 13 heteroatoms. The molecule has 0 amide bonds. The lowest BCUT2D eigenvalue weighted by Gasteiger charge is -2.23. The van der Waals surface area contributed by atoms with E-state index in [0.29, 0.717) is 45.6 Å². The molecular formula is C36H35F3N8O2. The van der Waals surface area contributed by atoms with Crippen LogP contribution in [-0.4, -0.2) is 66.2 Å². The minimum absolute atomic E-state index is 0.0195. The summed E-state index contributed by atoms with van der Waals surface area (Å²) in [4.78, 5) is 39.4. The predicted octanol–water partition coefficient (Wildman–Crippen LogP) is 6.43. The average molecular weight is 669 g/mol. The summed E-state index contributed by atoms with van der Waals surface area (Å²) in [6, 6.07) is 9.14. The SMILES string of the molecule is COc1ncnc(C2CC2)c1-c1nc(C)c2cc(C3=CCN(C)CC3)c(=O)n(Cc3ccc(-c4nc(C(F)(F)F)cn4C4CC4)cc3)c2n1. The normalized spacial score (nSPS) is 17.1. The Morgan fingerprint density at radius 1 is 1.02 bits per heavy atom. The van der Waals surface area contributed by atoms with Crippen LogP contribution in [0.2, 0.25) is 0 Å². The number of fused-ring (bicyclic) bond motifs is 1. The van der Waals surface area contributed by atoms with E-state index in [0.717, 1.165) is 73.6 Å². The van der Waals surface area contributed by atoms with Gasteiger partial charge < -0.3 is 14.2 Å². The van der Waals surface area contributed by atoms with Crippen molar-refractivity contribution in [2.24, 2.45) is 0 Å². The first kappa shape index (κ1) is 31.4. The molecule has 5 aromatic rings. The molecule has 0 atom stereocenters. The van der Waals surface area contributed by atoms with E-state index in [9.17, 15) is 18.0 Å². The van der Waals surface area contributed by atoms with E-state index < -0.39 is 11.9 Å². The first-order chi connectivity index (χ1) is 23.6. The van der Waals surface area contributed by atoms with Crippen LogP contribution in [0.3, 0.4) is 0 Å². The van der Waals surface area contributed by atoms with Crippen LogP contribution in [0.25, 0.3) is 39.4 Å². The summed E-state index contributed by atoms with van der Waals surface area (Å²) in [5.74, 6) is 1.34. The van der Waals surface area contributed by atoms with Crippen LogP contribution in [0.1, 0.15) is 72.3 Å². The van der Waals surface area contributed by atoms with Crippen molar-refractivity contribution in [1.82, 2.24) is 39.0 Å². The van der Waals surface area contributed by atoms with Crippen LogP contribution in [0.4, 0.5) is 13.2 Å². The molecule has 252 valence electrons. The summed E-state index contributed by atoms with van der Waals surface area (Å²) in [5.41, 5.74) is 4.55. The molecule has 1 aliphatic heterocycles. The summed E-state index contributed by atoms with van der Waals surface area (Å²) in [5, 5.41) is 0.754. The summed E-state index contributed by atoms with van der Waals surface area (Å²) in [6.45, 7) is 3.68. The molecule has 0 bridgehead atoms. The second-order valence-corrected chi connectivity index (χ2v) is 13.3. The molecule has 0 spiro atoms. The second kappa shape index (κ2) is 11.9. The second-order valence-electron chi connectivity index (χ2n) is 13.3. The van der Waals surface area contributed by atoms with Gasteiger partial charge in [0.1, 0.15) is 23.4 Å². The number of imidazole rings is 1. The summed E-state index contributed by atoms with van der Waals surface area (Å²) >= 11 is 0. The van der Waals surface area contributed by atoms with E-state index >= 15 is 0 Å². The molecule has 4 aromatic heterocycles. The van der Waals surface area contributed by atoms with Gasteiger partial charge in [-0.25, -0.2) is 24.9 Å². The summed E-state index contributed by atoms with van der Waals surface area (Å²) in [6.07, 6.45) is 4.57. The average Bonchev–Trinajstić information content (AvgIpc) is 4.04. The van der Waals surface area contributed by atoms with Gasteiger partial charge in [-0.1, -0.05) is 30.3 Å². The third-order valence-corrected chi connectivity index (χ3v) is 9.63. The van der Waals surface area contributed by atoms with Gasteiger partial charge in [0, 0.05) is 47.8 Å². The van der Waals surface area contributed by atoms with Gasteiger partial charge in [-0.3, -0.25) is 9.36 Å². The molecule has 8 rings (SSSR count). The first-order valence-corrected chi connectivity index (χ1v) is 16.5. The molecule has 49 heavy (non-hydrogen) atoms. The van der Waals surface area contributed by atoms with Gasteiger partial charge in [-0.15, -0.1) is 0 Å². The number of pyridine rings is 1. The number of rotatable bonds is 8. The van der Waals surface area contributed by atoms with Crippen LogP contribution >= 0.6 is 0 Å². The maximum Gasteiger partial charge on any atom is 0.434 e. The van der Waals surface area contributed by atoms with E-state index in [1.54, 1.807) is 28.4 Å². The number of benzene rings is 1. The zero-order valence-corrected chi connectivity index (χ0v) is 27.5. The van der Waals surface area contributed by atoms with E-state index in [1.807, 2.05) is 32.2 Å².